The van der Waals surface area contributed by atoms with Crippen LogP contribution < -0.4 is 5.73 Å². The van der Waals surface area contributed by atoms with E-state index >= 15 is 0 Å². The van der Waals surface area contributed by atoms with Crippen molar-refractivity contribution in [3.63, 3.8) is 0 Å². The number of nitrogen functional groups attached to an aromatic ring is 1. The lowest BCUT2D eigenvalue weighted by Gasteiger charge is -2.07. The van der Waals surface area contributed by atoms with Crippen molar-refractivity contribution in [3.8, 4) is 5.69 Å². The molecular formula is C13H12N4. The summed E-state index contributed by atoms with van der Waals surface area (Å²) in [7, 11) is 0. The molecule has 1 aromatic carbocycles. The van der Waals surface area contributed by atoms with Crippen molar-refractivity contribution in [1.29, 1.82) is 0 Å². The second-order valence-corrected chi connectivity index (χ2v) is 3.97. The van der Waals surface area contributed by atoms with Gasteiger partial charge < -0.3 is 5.73 Å². The molecule has 84 valence electrons. The topological polar surface area (TPSA) is 56.7 Å². The van der Waals surface area contributed by atoms with Crippen molar-refractivity contribution in [2.24, 2.45) is 0 Å². The molecule has 3 rings (SSSR count). The fourth-order valence-corrected chi connectivity index (χ4v) is 2.01. The quantitative estimate of drug-likeness (QED) is 0.690. The maximum atomic E-state index is 5.71. The van der Waals surface area contributed by atoms with Gasteiger partial charge >= 0.3 is 0 Å². The Balaban J connectivity index is 2.34. The van der Waals surface area contributed by atoms with Gasteiger partial charge in [-0.15, -0.1) is 0 Å². The molecule has 3 aromatic rings. The second-order valence-electron chi connectivity index (χ2n) is 3.97. The van der Waals surface area contributed by atoms with E-state index in [1.54, 1.807) is 6.20 Å². The summed E-state index contributed by atoms with van der Waals surface area (Å²) in [4.78, 5) is 4.33. The van der Waals surface area contributed by atoms with Gasteiger partial charge in [-0.3, -0.25) is 4.98 Å². The number of benzene rings is 1. The van der Waals surface area contributed by atoms with Crippen LogP contribution >= 0.6 is 0 Å². The largest absolute Gasteiger partial charge is 0.382 e. The monoisotopic (exact) mass is 224 g/mol. The average molecular weight is 224 g/mol. The molecule has 0 bridgehead atoms. The van der Waals surface area contributed by atoms with Crippen molar-refractivity contribution < 1.29 is 0 Å². The predicted octanol–water partition coefficient (Wildman–Crippen LogP) is 2.31. The second kappa shape index (κ2) is 3.59. The zero-order valence-electron chi connectivity index (χ0n) is 9.46. The Morgan fingerprint density at radius 2 is 2.06 bits per heavy atom. The Kier molecular flexibility index (Phi) is 2.08. The molecule has 0 amide bonds. The minimum atomic E-state index is 0.531. The maximum Gasteiger partial charge on any atom is 0.146 e. The van der Waals surface area contributed by atoms with Crippen LogP contribution in [0.5, 0.6) is 0 Å². The van der Waals surface area contributed by atoms with Gasteiger partial charge in [0.2, 0.25) is 0 Å². The van der Waals surface area contributed by atoms with E-state index in [9.17, 15) is 0 Å². The molecule has 2 N–H and O–H groups in total. The van der Waals surface area contributed by atoms with E-state index < -0.39 is 0 Å². The number of nitrogens with zero attached hydrogens (tertiary/aromatic N) is 3. The third kappa shape index (κ3) is 1.54. The van der Waals surface area contributed by atoms with Gasteiger partial charge in [0.05, 0.1) is 11.2 Å². The van der Waals surface area contributed by atoms with Gasteiger partial charge in [0, 0.05) is 23.3 Å². The average Bonchev–Trinajstić information content (AvgIpc) is 2.68. The van der Waals surface area contributed by atoms with Crippen molar-refractivity contribution in [1.82, 2.24) is 14.8 Å². The lowest BCUT2D eigenvalue weighted by Crippen LogP contribution is -2.00. The zero-order valence-corrected chi connectivity index (χ0v) is 9.46. The molecule has 0 unspecified atom stereocenters. The third-order valence-electron chi connectivity index (χ3n) is 2.76. The summed E-state index contributed by atoms with van der Waals surface area (Å²) in [6.07, 6.45) is 1.79. The number of anilines is 1. The van der Waals surface area contributed by atoms with Gasteiger partial charge in [-0.2, -0.15) is 5.10 Å². The predicted molar refractivity (Wildman–Crippen MR) is 68.0 cm³/mol. The van der Waals surface area contributed by atoms with Crippen molar-refractivity contribution in [2.75, 3.05) is 5.73 Å². The lowest BCUT2D eigenvalue weighted by molar-refractivity contribution is 0.858. The van der Waals surface area contributed by atoms with E-state index in [0.29, 0.717) is 5.82 Å². The fourth-order valence-electron chi connectivity index (χ4n) is 2.01. The van der Waals surface area contributed by atoms with E-state index in [2.05, 4.69) is 10.1 Å². The van der Waals surface area contributed by atoms with E-state index in [4.69, 9.17) is 5.73 Å². The molecule has 0 aliphatic carbocycles. The Morgan fingerprint density at radius 1 is 1.18 bits per heavy atom. The number of aromatic nitrogens is 3. The molecule has 4 heteroatoms. The van der Waals surface area contributed by atoms with Crippen LogP contribution in [0.4, 0.5) is 5.82 Å². The molecule has 0 radical (unpaired) electrons. The summed E-state index contributed by atoms with van der Waals surface area (Å²) < 4.78 is 1.85. The molecule has 0 spiro atoms. The molecule has 2 heterocycles. The van der Waals surface area contributed by atoms with E-state index in [0.717, 1.165) is 22.3 Å². The Bertz CT molecular complexity index is 679. The zero-order chi connectivity index (χ0) is 11.8. The third-order valence-corrected chi connectivity index (χ3v) is 2.76. The molecule has 0 saturated carbocycles. The van der Waals surface area contributed by atoms with Crippen LogP contribution in [0.3, 0.4) is 0 Å². The summed E-state index contributed by atoms with van der Waals surface area (Å²) in [5.74, 6) is 0.531. The number of nitrogens with two attached hydrogens (primary N) is 1. The number of hydrogen-bond acceptors (Lipinski definition) is 3. The highest BCUT2D eigenvalue weighted by molar-refractivity contribution is 5.87. The van der Waals surface area contributed by atoms with Crippen molar-refractivity contribution in [2.45, 2.75) is 6.92 Å². The summed E-state index contributed by atoms with van der Waals surface area (Å²) in [6.45, 7) is 1.98. The van der Waals surface area contributed by atoms with Crippen molar-refractivity contribution in [3.05, 3.63) is 48.3 Å². The van der Waals surface area contributed by atoms with E-state index in [-0.39, 0.29) is 0 Å². The Labute approximate surface area is 98.7 Å². The molecule has 0 saturated heterocycles. The van der Waals surface area contributed by atoms with Gasteiger partial charge in [-0.1, -0.05) is 6.07 Å². The summed E-state index contributed by atoms with van der Waals surface area (Å²) >= 11 is 0. The number of rotatable bonds is 1. The first kappa shape index (κ1) is 9.84. The van der Waals surface area contributed by atoms with E-state index in [1.807, 2.05) is 48.0 Å². The number of aryl methyl sites for hydroxylation is 1. The van der Waals surface area contributed by atoms with E-state index in [1.165, 1.54) is 0 Å². The van der Waals surface area contributed by atoms with Crippen LogP contribution in [0.25, 0.3) is 16.6 Å². The molecular weight excluding hydrogens is 212 g/mol. The molecule has 0 aliphatic heterocycles. The molecule has 2 aromatic heterocycles. The highest BCUT2D eigenvalue weighted by Gasteiger charge is 2.07. The SMILES string of the molecule is Cc1cc(N)nn1-c1cccc2ncccc12. The van der Waals surface area contributed by atoms with Crippen LogP contribution in [-0.4, -0.2) is 14.8 Å². The van der Waals surface area contributed by atoms with Crippen LogP contribution in [0, 0.1) is 6.92 Å². The standard InChI is InChI=1S/C13H12N4/c1-9-8-13(14)16-17(9)12-6-2-5-11-10(12)4-3-7-15-11/h2-8H,1H3,(H2,14,16). The van der Waals surface area contributed by atoms with Crippen LogP contribution in [0.2, 0.25) is 0 Å². The highest BCUT2D eigenvalue weighted by atomic mass is 15.3. The summed E-state index contributed by atoms with van der Waals surface area (Å²) in [5.41, 5.74) is 8.69. The van der Waals surface area contributed by atoms with Gasteiger partial charge in [0.1, 0.15) is 5.82 Å². The molecule has 0 fully saturated rings. The normalized spacial score (nSPS) is 10.9. The number of pyridine rings is 1. The van der Waals surface area contributed by atoms with Crippen molar-refractivity contribution >= 4 is 16.7 Å². The first-order chi connectivity index (χ1) is 8.25. The van der Waals surface area contributed by atoms with Gasteiger partial charge in [-0.05, 0) is 31.2 Å². The molecule has 0 atom stereocenters. The van der Waals surface area contributed by atoms with Crippen LogP contribution in [0.15, 0.2) is 42.6 Å². The highest BCUT2D eigenvalue weighted by Crippen LogP contribution is 2.22. The maximum absolute atomic E-state index is 5.71. The first-order valence-electron chi connectivity index (χ1n) is 5.42. The van der Waals surface area contributed by atoms with Gasteiger partial charge in [0.15, 0.2) is 0 Å². The molecule has 0 aliphatic rings. The molecule has 4 nitrogen and oxygen atoms in total. The minimum absolute atomic E-state index is 0.531. The van der Waals surface area contributed by atoms with Crippen LogP contribution in [0.1, 0.15) is 5.69 Å². The van der Waals surface area contributed by atoms with Gasteiger partial charge in [0.25, 0.3) is 0 Å². The number of hydrogen-bond donors (Lipinski definition) is 1. The molecule has 17 heavy (non-hydrogen) atoms. The summed E-state index contributed by atoms with van der Waals surface area (Å²) in [6, 6.07) is 11.8. The van der Waals surface area contributed by atoms with Gasteiger partial charge in [-0.25, -0.2) is 4.68 Å². The smallest absolute Gasteiger partial charge is 0.146 e. The minimum Gasteiger partial charge on any atom is -0.382 e. The Hall–Kier alpha value is -2.36. The Morgan fingerprint density at radius 3 is 2.82 bits per heavy atom. The number of fused-ring (bicyclic) bond motifs is 1. The lowest BCUT2D eigenvalue weighted by atomic mass is 10.2. The summed E-state index contributed by atoms with van der Waals surface area (Å²) in [5, 5.41) is 5.37. The first-order valence-corrected chi connectivity index (χ1v) is 5.42. The van der Waals surface area contributed by atoms with Crippen LogP contribution in [-0.2, 0) is 0 Å². The fraction of sp³-hybridized carbons (Fsp3) is 0.0769.